The maximum Gasteiger partial charge on any atom is 0.241 e. The van der Waals surface area contributed by atoms with Crippen LogP contribution in [0, 0.1) is 5.92 Å². The molecule has 1 fully saturated rings. The van der Waals surface area contributed by atoms with Gasteiger partial charge in [-0.15, -0.1) is 0 Å². The number of anilines is 1. The SMILES string of the molecule is NC(CC1CCCCC1)C(=O)Nc1ccc(-n2cccn2)cc1. The first-order valence-corrected chi connectivity index (χ1v) is 8.39. The van der Waals surface area contributed by atoms with E-state index >= 15 is 0 Å². The van der Waals surface area contributed by atoms with Gasteiger partial charge >= 0.3 is 0 Å². The summed E-state index contributed by atoms with van der Waals surface area (Å²) in [6.45, 7) is 0. The molecule has 1 aliphatic rings. The summed E-state index contributed by atoms with van der Waals surface area (Å²) in [5.41, 5.74) is 7.80. The topological polar surface area (TPSA) is 72.9 Å². The zero-order chi connectivity index (χ0) is 16.1. The minimum absolute atomic E-state index is 0.0950. The Labute approximate surface area is 136 Å². The summed E-state index contributed by atoms with van der Waals surface area (Å²) in [6.07, 6.45) is 10.7. The summed E-state index contributed by atoms with van der Waals surface area (Å²) in [4.78, 5) is 12.2. The van der Waals surface area contributed by atoms with E-state index in [2.05, 4.69) is 10.4 Å². The molecule has 0 radical (unpaired) electrons. The Balaban J connectivity index is 1.54. The van der Waals surface area contributed by atoms with E-state index in [4.69, 9.17) is 5.73 Å². The number of hydrogen-bond acceptors (Lipinski definition) is 3. The van der Waals surface area contributed by atoms with E-state index in [0.717, 1.165) is 17.8 Å². The first kappa shape index (κ1) is 15.7. The average molecular weight is 312 g/mol. The molecule has 1 heterocycles. The second-order valence-corrected chi connectivity index (χ2v) is 6.33. The van der Waals surface area contributed by atoms with E-state index in [1.807, 2.05) is 36.5 Å². The first-order chi connectivity index (χ1) is 11.2. The van der Waals surface area contributed by atoms with Gasteiger partial charge < -0.3 is 11.1 Å². The molecule has 2 aromatic rings. The van der Waals surface area contributed by atoms with Crippen LogP contribution < -0.4 is 11.1 Å². The van der Waals surface area contributed by atoms with Crippen LogP contribution in [0.3, 0.4) is 0 Å². The van der Waals surface area contributed by atoms with Crippen LogP contribution in [0.25, 0.3) is 5.69 Å². The summed E-state index contributed by atoms with van der Waals surface area (Å²) in [6, 6.07) is 9.05. The van der Waals surface area contributed by atoms with Gasteiger partial charge in [-0.3, -0.25) is 4.79 Å². The number of rotatable bonds is 5. The van der Waals surface area contributed by atoms with Gasteiger partial charge in [0, 0.05) is 18.1 Å². The van der Waals surface area contributed by atoms with Crippen LogP contribution >= 0.6 is 0 Å². The van der Waals surface area contributed by atoms with Crippen LogP contribution in [0.2, 0.25) is 0 Å². The molecule has 1 atom stereocenters. The van der Waals surface area contributed by atoms with Crippen LogP contribution in [-0.2, 0) is 4.79 Å². The predicted molar refractivity (Wildman–Crippen MR) is 91.4 cm³/mol. The van der Waals surface area contributed by atoms with Gasteiger partial charge in [-0.05, 0) is 42.7 Å². The fraction of sp³-hybridized carbons (Fsp3) is 0.444. The summed E-state index contributed by atoms with van der Waals surface area (Å²) < 4.78 is 1.78. The van der Waals surface area contributed by atoms with Gasteiger partial charge in [0.2, 0.25) is 5.91 Å². The van der Waals surface area contributed by atoms with Gasteiger partial charge in [0.05, 0.1) is 11.7 Å². The molecule has 1 unspecified atom stereocenters. The van der Waals surface area contributed by atoms with Gasteiger partial charge in [-0.25, -0.2) is 4.68 Å². The zero-order valence-corrected chi connectivity index (χ0v) is 13.3. The van der Waals surface area contributed by atoms with E-state index in [-0.39, 0.29) is 5.91 Å². The fourth-order valence-corrected chi connectivity index (χ4v) is 3.24. The van der Waals surface area contributed by atoms with Crippen molar-refractivity contribution in [1.29, 1.82) is 0 Å². The second kappa shape index (κ2) is 7.42. The lowest BCUT2D eigenvalue weighted by Crippen LogP contribution is -2.37. The summed E-state index contributed by atoms with van der Waals surface area (Å²) in [5, 5.41) is 7.09. The van der Waals surface area contributed by atoms with Crippen LogP contribution in [0.1, 0.15) is 38.5 Å². The Hall–Kier alpha value is -2.14. The maximum absolute atomic E-state index is 12.2. The second-order valence-electron chi connectivity index (χ2n) is 6.33. The van der Waals surface area contributed by atoms with E-state index < -0.39 is 6.04 Å². The van der Waals surface area contributed by atoms with Crippen molar-refractivity contribution in [3.8, 4) is 5.69 Å². The van der Waals surface area contributed by atoms with Gasteiger partial charge in [0.15, 0.2) is 0 Å². The molecule has 0 bridgehead atoms. The minimum atomic E-state index is -0.427. The molecular formula is C18H24N4O. The highest BCUT2D eigenvalue weighted by Gasteiger charge is 2.21. The molecule has 1 amide bonds. The largest absolute Gasteiger partial charge is 0.325 e. The van der Waals surface area contributed by atoms with Crippen LogP contribution in [-0.4, -0.2) is 21.7 Å². The Morgan fingerprint density at radius 1 is 1.26 bits per heavy atom. The molecule has 1 aromatic carbocycles. The Morgan fingerprint density at radius 2 is 2.00 bits per heavy atom. The number of nitrogens with one attached hydrogen (secondary N) is 1. The van der Waals surface area contributed by atoms with Gasteiger partial charge in [-0.2, -0.15) is 5.10 Å². The standard InChI is InChI=1S/C18H24N4O/c19-17(13-14-5-2-1-3-6-14)18(23)21-15-7-9-16(10-8-15)22-12-4-11-20-22/h4,7-12,14,17H,1-3,5-6,13,19H2,(H,21,23). The van der Waals surface area contributed by atoms with E-state index in [1.54, 1.807) is 10.9 Å². The zero-order valence-electron chi connectivity index (χ0n) is 13.3. The third-order valence-corrected chi connectivity index (χ3v) is 4.55. The number of benzene rings is 1. The molecule has 1 aromatic heterocycles. The molecule has 1 aliphatic carbocycles. The van der Waals surface area contributed by atoms with E-state index in [0.29, 0.717) is 5.92 Å². The number of nitrogens with zero attached hydrogens (tertiary/aromatic N) is 2. The first-order valence-electron chi connectivity index (χ1n) is 8.39. The third kappa shape index (κ3) is 4.20. The lowest BCUT2D eigenvalue weighted by Gasteiger charge is -2.24. The quantitative estimate of drug-likeness (QED) is 0.891. The van der Waals surface area contributed by atoms with Crippen molar-refractivity contribution in [3.05, 3.63) is 42.7 Å². The monoisotopic (exact) mass is 312 g/mol. The normalized spacial score (nSPS) is 16.9. The van der Waals surface area contributed by atoms with Crippen molar-refractivity contribution in [2.75, 3.05) is 5.32 Å². The van der Waals surface area contributed by atoms with Crippen LogP contribution in [0.5, 0.6) is 0 Å². The van der Waals surface area contributed by atoms with Gasteiger partial charge in [-0.1, -0.05) is 32.1 Å². The van der Waals surface area contributed by atoms with E-state index in [9.17, 15) is 4.79 Å². The summed E-state index contributed by atoms with van der Waals surface area (Å²) >= 11 is 0. The molecular weight excluding hydrogens is 288 g/mol. The van der Waals surface area contributed by atoms with Crippen molar-refractivity contribution in [2.45, 2.75) is 44.6 Å². The van der Waals surface area contributed by atoms with Crippen LogP contribution in [0.4, 0.5) is 5.69 Å². The smallest absolute Gasteiger partial charge is 0.241 e. The maximum atomic E-state index is 12.2. The lowest BCUT2D eigenvalue weighted by atomic mass is 9.85. The molecule has 3 N–H and O–H groups in total. The predicted octanol–water partition coefficient (Wildman–Crippen LogP) is 3.11. The Kier molecular flexibility index (Phi) is 5.08. The van der Waals surface area contributed by atoms with Crippen molar-refractivity contribution in [2.24, 2.45) is 11.7 Å². The number of carbonyl (C=O) groups is 1. The third-order valence-electron chi connectivity index (χ3n) is 4.55. The summed E-state index contributed by atoms with van der Waals surface area (Å²) in [7, 11) is 0. The number of amides is 1. The lowest BCUT2D eigenvalue weighted by molar-refractivity contribution is -0.117. The fourth-order valence-electron chi connectivity index (χ4n) is 3.24. The van der Waals surface area contributed by atoms with Gasteiger partial charge in [0.1, 0.15) is 0 Å². The Bertz CT molecular complexity index is 615. The number of hydrogen-bond donors (Lipinski definition) is 2. The molecule has 1 saturated carbocycles. The molecule has 0 saturated heterocycles. The van der Waals surface area contributed by atoms with Crippen molar-refractivity contribution < 1.29 is 4.79 Å². The highest BCUT2D eigenvalue weighted by Crippen LogP contribution is 2.27. The average Bonchev–Trinajstić information content (AvgIpc) is 3.11. The molecule has 0 spiro atoms. The highest BCUT2D eigenvalue weighted by molar-refractivity contribution is 5.94. The van der Waals surface area contributed by atoms with Crippen molar-refractivity contribution in [3.63, 3.8) is 0 Å². The highest BCUT2D eigenvalue weighted by atomic mass is 16.2. The van der Waals surface area contributed by atoms with Crippen LogP contribution in [0.15, 0.2) is 42.7 Å². The minimum Gasteiger partial charge on any atom is -0.325 e. The number of aromatic nitrogens is 2. The number of carbonyl (C=O) groups excluding carboxylic acids is 1. The molecule has 5 nitrogen and oxygen atoms in total. The molecule has 0 aliphatic heterocycles. The number of nitrogens with two attached hydrogens (primary N) is 1. The van der Waals surface area contributed by atoms with Crippen molar-refractivity contribution in [1.82, 2.24) is 9.78 Å². The van der Waals surface area contributed by atoms with Gasteiger partial charge in [0.25, 0.3) is 0 Å². The van der Waals surface area contributed by atoms with Crippen molar-refractivity contribution >= 4 is 11.6 Å². The summed E-state index contributed by atoms with van der Waals surface area (Å²) in [5.74, 6) is 0.508. The molecule has 122 valence electrons. The molecule has 23 heavy (non-hydrogen) atoms. The molecule has 5 heteroatoms. The van der Waals surface area contributed by atoms with E-state index in [1.165, 1.54) is 32.1 Å². The Morgan fingerprint density at radius 3 is 2.65 bits per heavy atom. The molecule has 3 rings (SSSR count).